The molecule has 0 aliphatic carbocycles. The number of unbranched alkanes of at least 4 members (excludes halogenated alkanes) is 3. The van der Waals surface area contributed by atoms with Gasteiger partial charge in [-0.3, -0.25) is 4.79 Å². The van der Waals surface area contributed by atoms with Crippen molar-refractivity contribution in [1.82, 2.24) is 0 Å². The second kappa shape index (κ2) is 8.76. The van der Waals surface area contributed by atoms with Crippen molar-refractivity contribution >= 4 is 12.0 Å². The fraction of sp³-hybridized carbons (Fsp3) is 0.375. The van der Waals surface area contributed by atoms with Crippen LogP contribution in [0.5, 0.6) is 5.75 Å². The molecule has 0 unspecified atom stereocenters. The zero-order valence-electron chi connectivity index (χ0n) is 11.8. The van der Waals surface area contributed by atoms with E-state index in [0.717, 1.165) is 17.7 Å². The Morgan fingerprint density at radius 3 is 2.55 bits per heavy atom. The highest BCUT2D eigenvalue weighted by Gasteiger charge is 2.03. The molecular formula is C16H20N2O2. The highest BCUT2D eigenvalue weighted by atomic mass is 16.5. The summed E-state index contributed by atoms with van der Waals surface area (Å²) in [5.41, 5.74) is 5.77. The molecule has 4 heteroatoms. The van der Waals surface area contributed by atoms with Crippen LogP contribution in [0.15, 0.2) is 29.8 Å². The first-order chi connectivity index (χ1) is 9.67. The van der Waals surface area contributed by atoms with Crippen LogP contribution in [0.25, 0.3) is 6.08 Å². The second-order valence-corrected chi connectivity index (χ2v) is 4.51. The number of amides is 1. The van der Waals surface area contributed by atoms with Gasteiger partial charge in [-0.05, 0) is 30.2 Å². The van der Waals surface area contributed by atoms with Crippen molar-refractivity contribution in [3.8, 4) is 11.8 Å². The Labute approximate surface area is 119 Å². The van der Waals surface area contributed by atoms with E-state index in [1.165, 1.54) is 25.3 Å². The SMILES string of the molecule is CCCCCCOc1ccc(C=C(C#N)C(N)=O)cc1. The maximum atomic E-state index is 10.9. The third-order valence-corrected chi connectivity index (χ3v) is 2.84. The van der Waals surface area contributed by atoms with Gasteiger partial charge in [-0.1, -0.05) is 38.3 Å². The van der Waals surface area contributed by atoms with Crippen LogP contribution < -0.4 is 10.5 Å². The maximum absolute atomic E-state index is 10.9. The average molecular weight is 272 g/mol. The Morgan fingerprint density at radius 1 is 1.30 bits per heavy atom. The van der Waals surface area contributed by atoms with Gasteiger partial charge in [0.05, 0.1) is 6.61 Å². The summed E-state index contributed by atoms with van der Waals surface area (Å²) in [5, 5.41) is 8.76. The molecule has 0 aromatic heterocycles. The van der Waals surface area contributed by atoms with E-state index in [9.17, 15) is 4.79 Å². The smallest absolute Gasteiger partial charge is 0.259 e. The zero-order chi connectivity index (χ0) is 14.8. The van der Waals surface area contributed by atoms with Crippen molar-refractivity contribution in [3.63, 3.8) is 0 Å². The van der Waals surface area contributed by atoms with Gasteiger partial charge in [0.25, 0.3) is 5.91 Å². The molecular weight excluding hydrogens is 252 g/mol. The lowest BCUT2D eigenvalue weighted by molar-refractivity contribution is -0.114. The molecule has 1 rings (SSSR count). The maximum Gasteiger partial charge on any atom is 0.259 e. The molecule has 1 amide bonds. The Hall–Kier alpha value is -2.28. The van der Waals surface area contributed by atoms with Crippen LogP contribution in [0.2, 0.25) is 0 Å². The normalized spacial score (nSPS) is 10.9. The van der Waals surface area contributed by atoms with E-state index in [1.807, 2.05) is 12.1 Å². The summed E-state index contributed by atoms with van der Waals surface area (Å²) in [6.07, 6.45) is 6.14. The molecule has 0 spiro atoms. The van der Waals surface area contributed by atoms with E-state index in [0.29, 0.717) is 6.61 Å². The number of hydrogen-bond donors (Lipinski definition) is 1. The molecule has 1 aromatic carbocycles. The number of benzene rings is 1. The Morgan fingerprint density at radius 2 is 2.00 bits per heavy atom. The van der Waals surface area contributed by atoms with Gasteiger partial charge in [0, 0.05) is 0 Å². The topological polar surface area (TPSA) is 76.1 Å². The fourth-order valence-corrected chi connectivity index (χ4v) is 1.70. The minimum atomic E-state index is -0.719. The summed E-state index contributed by atoms with van der Waals surface area (Å²) in [7, 11) is 0. The van der Waals surface area contributed by atoms with Crippen LogP contribution in [-0.4, -0.2) is 12.5 Å². The lowest BCUT2D eigenvalue weighted by Crippen LogP contribution is -2.12. The van der Waals surface area contributed by atoms with Crippen LogP contribution in [0.4, 0.5) is 0 Å². The number of nitrogens with zero attached hydrogens (tertiary/aromatic N) is 1. The van der Waals surface area contributed by atoms with E-state index < -0.39 is 5.91 Å². The molecule has 0 aliphatic rings. The standard InChI is InChI=1S/C16H20N2O2/c1-2-3-4-5-10-20-15-8-6-13(7-9-15)11-14(12-17)16(18)19/h6-9,11H,2-5,10H2,1H3,(H2,18,19). The minimum Gasteiger partial charge on any atom is -0.494 e. The molecule has 0 saturated heterocycles. The molecule has 4 nitrogen and oxygen atoms in total. The minimum absolute atomic E-state index is 0.0572. The van der Waals surface area contributed by atoms with Gasteiger partial charge < -0.3 is 10.5 Å². The van der Waals surface area contributed by atoms with Crippen LogP contribution >= 0.6 is 0 Å². The quantitative estimate of drug-likeness (QED) is 0.449. The molecule has 0 fully saturated rings. The molecule has 1 aromatic rings. The zero-order valence-corrected chi connectivity index (χ0v) is 11.8. The summed E-state index contributed by atoms with van der Waals surface area (Å²) in [6, 6.07) is 9.00. The lowest BCUT2D eigenvalue weighted by Gasteiger charge is -2.06. The van der Waals surface area contributed by atoms with Gasteiger partial charge in [0.15, 0.2) is 0 Å². The van der Waals surface area contributed by atoms with Crippen molar-refractivity contribution in [2.45, 2.75) is 32.6 Å². The highest BCUT2D eigenvalue weighted by molar-refractivity contribution is 6.00. The number of nitriles is 1. The molecule has 0 radical (unpaired) electrons. The van der Waals surface area contributed by atoms with E-state index in [4.69, 9.17) is 15.7 Å². The number of ether oxygens (including phenoxy) is 1. The summed E-state index contributed by atoms with van der Waals surface area (Å²) >= 11 is 0. The first-order valence-electron chi connectivity index (χ1n) is 6.82. The predicted molar refractivity (Wildman–Crippen MR) is 78.9 cm³/mol. The Kier molecular flexibility index (Phi) is 6.91. The first kappa shape index (κ1) is 15.8. The van der Waals surface area contributed by atoms with Gasteiger partial charge in [0.2, 0.25) is 0 Å². The third-order valence-electron chi connectivity index (χ3n) is 2.84. The molecule has 2 N–H and O–H groups in total. The van der Waals surface area contributed by atoms with Crippen LogP contribution in [0.3, 0.4) is 0 Å². The van der Waals surface area contributed by atoms with Gasteiger partial charge in [-0.15, -0.1) is 0 Å². The fourth-order valence-electron chi connectivity index (χ4n) is 1.70. The largest absolute Gasteiger partial charge is 0.494 e. The first-order valence-corrected chi connectivity index (χ1v) is 6.82. The third kappa shape index (κ3) is 5.57. The molecule has 0 aliphatic heterocycles. The number of primary amides is 1. The molecule has 0 bridgehead atoms. The molecule has 0 atom stereocenters. The predicted octanol–water partition coefficient (Wildman–Crippen LogP) is 3.04. The van der Waals surface area contributed by atoms with Crippen molar-refractivity contribution < 1.29 is 9.53 Å². The van der Waals surface area contributed by atoms with Crippen molar-refractivity contribution in [3.05, 3.63) is 35.4 Å². The van der Waals surface area contributed by atoms with E-state index >= 15 is 0 Å². The summed E-state index contributed by atoms with van der Waals surface area (Å²) in [4.78, 5) is 10.9. The highest BCUT2D eigenvalue weighted by Crippen LogP contribution is 2.15. The van der Waals surface area contributed by atoms with Gasteiger partial charge in [-0.2, -0.15) is 5.26 Å². The van der Waals surface area contributed by atoms with Crippen molar-refractivity contribution in [2.24, 2.45) is 5.73 Å². The van der Waals surface area contributed by atoms with Crippen molar-refractivity contribution in [2.75, 3.05) is 6.61 Å². The Bertz CT molecular complexity index is 498. The number of carbonyl (C=O) groups is 1. The molecule has 20 heavy (non-hydrogen) atoms. The van der Waals surface area contributed by atoms with E-state index in [2.05, 4.69) is 6.92 Å². The number of nitrogens with two attached hydrogens (primary N) is 1. The van der Waals surface area contributed by atoms with Crippen molar-refractivity contribution in [1.29, 1.82) is 5.26 Å². The number of hydrogen-bond acceptors (Lipinski definition) is 3. The second-order valence-electron chi connectivity index (χ2n) is 4.51. The molecule has 0 saturated carbocycles. The summed E-state index contributed by atoms with van der Waals surface area (Å²) < 4.78 is 5.61. The van der Waals surface area contributed by atoms with Gasteiger partial charge in [0.1, 0.15) is 17.4 Å². The van der Waals surface area contributed by atoms with E-state index in [-0.39, 0.29) is 5.57 Å². The van der Waals surface area contributed by atoms with Crippen LogP contribution in [0, 0.1) is 11.3 Å². The lowest BCUT2D eigenvalue weighted by atomic mass is 10.1. The average Bonchev–Trinajstić information content (AvgIpc) is 2.45. The summed E-state index contributed by atoms with van der Waals surface area (Å²) in [6.45, 7) is 2.88. The summed E-state index contributed by atoms with van der Waals surface area (Å²) in [5.74, 6) is 0.0694. The number of rotatable bonds is 8. The number of carbonyl (C=O) groups excluding carboxylic acids is 1. The molecule has 0 heterocycles. The Balaban J connectivity index is 2.52. The molecule has 106 valence electrons. The van der Waals surface area contributed by atoms with Crippen LogP contribution in [-0.2, 0) is 4.79 Å². The van der Waals surface area contributed by atoms with Gasteiger partial charge in [-0.25, -0.2) is 0 Å². The van der Waals surface area contributed by atoms with Gasteiger partial charge >= 0.3 is 0 Å². The monoisotopic (exact) mass is 272 g/mol. The van der Waals surface area contributed by atoms with E-state index in [1.54, 1.807) is 18.2 Å². The van der Waals surface area contributed by atoms with Crippen LogP contribution in [0.1, 0.15) is 38.2 Å².